The first-order valence-corrected chi connectivity index (χ1v) is 3.54. The number of nitrogen functional groups attached to an aromatic ring is 1. The van der Waals surface area contributed by atoms with Crippen LogP contribution in [0.15, 0.2) is 27.6 Å². The molecule has 0 aliphatic rings. The summed E-state index contributed by atoms with van der Waals surface area (Å²) in [5, 5.41) is 3.52. The zero-order chi connectivity index (χ0) is 9.26. The molecule has 0 unspecified atom stereocenters. The molecule has 2 heterocycles. The lowest BCUT2D eigenvalue weighted by Gasteiger charge is -1.89. The molecule has 3 N–H and O–H groups in total. The van der Waals surface area contributed by atoms with Gasteiger partial charge in [-0.05, 0) is 12.1 Å². The smallest absolute Gasteiger partial charge is 0.319 e. The Morgan fingerprint density at radius 1 is 1.54 bits per heavy atom. The van der Waals surface area contributed by atoms with E-state index >= 15 is 0 Å². The maximum Gasteiger partial charge on any atom is 0.319 e. The molecule has 0 saturated carbocycles. The highest BCUT2D eigenvalue weighted by molar-refractivity contribution is 5.52. The molecule has 6 heteroatoms. The Morgan fingerprint density at radius 2 is 2.38 bits per heavy atom. The van der Waals surface area contributed by atoms with Gasteiger partial charge in [-0.2, -0.15) is 4.98 Å². The summed E-state index contributed by atoms with van der Waals surface area (Å²) in [6.07, 6.45) is 1.52. The Hall–Kier alpha value is -2.11. The standard InChI is InChI=1S/C7H6N4O2/c8-7-10-5(11-13-7)4-2-1-3-9-6(4)12/h1-3H,(H,9,12)(H2,8,10,11). The van der Waals surface area contributed by atoms with Gasteiger partial charge in [-0.3, -0.25) is 4.79 Å². The predicted octanol–water partition coefficient (Wildman–Crippen LogP) is 0.00710. The van der Waals surface area contributed by atoms with E-state index in [2.05, 4.69) is 19.6 Å². The molecular formula is C7H6N4O2. The fourth-order valence-electron chi connectivity index (χ4n) is 0.942. The van der Waals surface area contributed by atoms with E-state index in [9.17, 15) is 4.79 Å². The van der Waals surface area contributed by atoms with Crippen LogP contribution in [0.25, 0.3) is 11.4 Å². The Morgan fingerprint density at radius 3 is 3.00 bits per heavy atom. The van der Waals surface area contributed by atoms with Crippen LogP contribution in [-0.2, 0) is 0 Å². The van der Waals surface area contributed by atoms with Crippen molar-refractivity contribution in [3.05, 3.63) is 28.7 Å². The van der Waals surface area contributed by atoms with E-state index in [1.807, 2.05) is 0 Å². The molecule has 6 nitrogen and oxygen atoms in total. The maximum absolute atomic E-state index is 11.2. The number of aromatic nitrogens is 3. The fourth-order valence-corrected chi connectivity index (χ4v) is 0.942. The normalized spacial score (nSPS) is 10.2. The Balaban J connectivity index is 2.59. The zero-order valence-corrected chi connectivity index (χ0v) is 6.52. The van der Waals surface area contributed by atoms with Crippen LogP contribution in [-0.4, -0.2) is 15.1 Å². The topological polar surface area (TPSA) is 97.8 Å². The highest BCUT2D eigenvalue weighted by Crippen LogP contribution is 2.10. The monoisotopic (exact) mass is 178 g/mol. The maximum atomic E-state index is 11.2. The van der Waals surface area contributed by atoms with Gasteiger partial charge in [-0.1, -0.05) is 5.16 Å². The second kappa shape index (κ2) is 2.74. The summed E-state index contributed by atoms with van der Waals surface area (Å²) in [5.74, 6) is 0.194. The van der Waals surface area contributed by atoms with Crippen molar-refractivity contribution in [3.63, 3.8) is 0 Å². The van der Waals surface area contributed by atoms with Crippen molar-refractivity contribution >= 4 is 6.01 Å². The van der Waals surface area contributed by atoms with Gasteiger partial charge in [0.25, 0.3) is 5.56 Å². The van der Waals surface area contributed by atoms with Gasteiger partial charge in [0, 0.05) is 6.20 Å². The number of H-pyrrole nitrogens is 1. The molecule has 66 valence electrons. The number of nitrogens with two attached hydrogens (primary N) is 1. The van der Waals surface area contributed by atoms with E-state index in [0.717, 1.165) is 0 Å². The van der Waals surface area contributed by atoms with Crippen LogP contribution in [0.2, 0.25) is 0 Å². The highest BCUT2D eigenvalue weighted by atomic mass is 16.5. The molecular weight excluding hydrogens is 172 g/mol. The summed E-state index contributed by atoms with van der Waals surface area (Å²) in [7, 11) is 0. The van der Waals surface area contributed by atoms with Gasteiger partial charge in [0.2, 0.25) is 5.82 Å². The van der Waals surface area contributed by atoms with E-state index in [-0.39, 0.29) is 17.4 Å². The Bertz CT molecular complexity index is 473. The van der Waals surface area contributed by atoms with Crippen molar-refractivity contribution < 1.29 is 4.52 Å². The van der Waals surface area contributed by atoms with Gasteiger partial charge in [0.1, 0.15) is 0 Å². The molecule has 2 rings (SSSR count). The quantitative estimate of drug-likeness (QED) is 0.640. The van der Waals surface area contributed by atoms with Crippen LogP contribution in [0.4, 0.5) is 6.01 Å². The Kier molecular flexibility index (Phi) is 1.59. The van der Waals surface area contributed by atoms with Crippen molar-refractivity contribution in [2.24, 2.45) is 0 Å². The molecule has 13 heavy (non-hydrogen) atoms. The molecule has 0 saturated heterocycles. The second-order valence-corrected chi connectivity index (χ2v) is 2.37. The van der Waals surface area contributed by atoms with Crippen LogP contribution in [0.5, 0.6) is 0 Å². The van der Waals surface area contributed by atoms with E-state index < -0.39 is 0 Å². The molecule has 0 aromatic carbocycles. The molecule has 0 amide bonds. The minimum absolute atomic E-state index is 0.0572. The van der Waals surface area contributed by atoms with Crippen molar-refractivity contribution in [2.45, 2.75) is 0 Å². The van der Waals surface area contributed by atoms with Gasteiger partial charge < -0.3 is 15.2 Å². The van der Waals surface area contributed by atoms with Crippen molar-refractivity contribution in [1.82, 2.24) is 15.1 Å². The largest absolute Gasteiger partial charge is 0.351 e. The Labute approximate surface area is 72.4 Å². The molecule has 0 aliphatic heterocycles. The first-order valence-electron chi connectivity index (χ1n) is 3.54. The minimum atomic E-state index is -0.275. The van der Waals surface area contributed by atoms with Crippen molar-refractivity contribution in [3.8, 4) is 11.4 Å². The molecule has 2 aromatic rings. The molecule has 0 radical (unpaired) electrons. The minimum Gasteiger partial charge on any atom is -0.351 e. The summed E-state index contributed by atoms with van der Waals surface area (Å²) < 4.78 is 4.54. The van der Waals surface area contributed by atoms with E-state index in [1.54, 1.807) is 12.1 Å². The first-order chi connectivity index (χ1) is 6.27. The number of anilines is 1. The van der Waals surface area contributed by atoms with E-state index in [1.165, 1.54) is 6.20 Å². The van der Waals surface area contributed by atoms with Gasteiger partial charge in [0.05, 0.1) is 5.56 Å². The zero-order valence-electron chi connectivity index (χ0n) is 6.52. The van der Waals surface area contributed by atoms with E-state index in [0.29, 0.717) is 5.56 Å². The number of hydrogen-bond acceptors (Lipinski definition) is 5. The van der Waals surface area contributed by atoms with Crippen molar-refractivity contribution in [1.29, 1.82) is 0 Å². The van der Waals surface area contributed by atoms with Crippen LogP contribution in [0.3, 0.4) is 0 Å². The summed E-state index contributed by atoms with van der Waals surface area (Å²) in [6.45, 7) is 0. The molecule has 0 atom stereocenters. The summed E-state index contributed by atoms with van der Waals surface area (Å²) in [4.78, 5) is 17.4. The van der Waals surface area contributed by atoms with Gasteiger partial charge in [-0.25, -0.2) is 0 Å². The number of nitrogens with one attached hydrogen (secondary N) is 1. The van der Waals surface area contributed by atoms with Gasteiger partial charge >= 0.3 is 6.01 Å². The number of pyridine rings is 1. The third-order valence-electron chi connectivity index (χ3n) is 1.50. The fraction of sp³-hybridized carbons (Fsp3) is 0. The lowest BCUT2D eigenvalue weighted by atomic mass is 10.3. The lowest BCUT2D eigenvalue weighted by Crippen LogP contribution is -2.07. The molecule has 0 fully saturated rings. The summed E-state index contributed by atoms with van der Waals surface area (Å²) in [5.41, 5.74) is 5.27. The van der Waals surface area contributed by atoms with Gasteiger partial charge in [-0.15, -0.1) is 0 Å². The van der Waals surface area contributed by atoms with Crippen molar-refractivity contribution in [2.75, 3.05) is 5.73 Å². The molecule has 0 spiro atoms. The third kappa shape index (κ3) is 1.28. The second-order valence-electron chi connectivity index (χ2n) is 2.37. The third-order valence-corrected chi connectivity index (χ3v) is 1.50. The highest BCUT2D eigenvalue weighted by Gasteiger charge is 2.08. The summed E-state index contributed by atoms with van der Waals surface area (Å²) >= 11 is 0. The summed E-state index contributed by atoms with van der Waals surface area (Å²) in [6, 6.07) is 3.20. The first kappa shape index (κ1) is 7.53. The van der Waals surface area contributed by atoms with Crippen LogP contribution in [0, 0.1) is 0 Å². The molecule has 2 aromatic heterocycles. The average Bonchev–Trinajstić information content (AvgIpc) is 2.53. The molecule has 0 aliphatic carbocycles. The number of hydrogen-bond donors (Lipinski definition) is 2. The number of nitrogens with zero attached hydrogens (tertiary/aromatic N) is 2. The predicted molar refractivity (Wildman–Crippen MR) is 44.8 cm³/mol. The van der Waals surface area contributed by atoms with Crippen LogP contribution >= 0.6 is 0 Å². The van der Waals surface area contributed by atoms with Crippen LogP contribution in [0.1, 0.15) is 0 Å². The SMILES string of the molecule is Nc1nc(-c2ccc[nH]c2=O)no1. The lowest BCUT2D eigenvalue weighted by molar-refractivity contribution is 0.437. The number of rotatable bonds is 1. The van der Waals surface area contributed by atoms with Crippen LogP contribution < -0.4 is 11.3 Å². The van der Waals surface area contributed by atoms with Gasteiger partial charge in [0.15, 0.2) is 0 Å². The van der Waals surface area contributed by atoms with E-state index in [4.69, 9.17) is 5.73 Å². The molecule has 0 bridgehead atoms. The number of aromatic amines is 1. The average molecular weight is 178 g/mol.